The molecule has 3 rings (SSSR count). The van der Waals surface area contributed by atoms with Crippen molar-refractivity contribution in [2.75, 3.05) is 5.32 Å². The third-order valence-corrected chi connectivity index (χ3v) is 3.44. The number of amides is 1. The highest BCUT2D eigenvalue weighted by molar-refractivity contribution is 7.09. The number of hydrogen-bond acceptors (Lipinski definition) is 5. The minimum Gasteiger partial charge on any atom is -0.469 e. The van der Waals surface area contributed by atoms with E-state index in [1.165, 1.54) is 11.5 Å². The minimum absolute atomic E-state index is 0.104. The van der Waals surface area contributed by atoms with Crippen LogP contribution in [-0.2, 0) is 11.2 Å². The summed E-state index contributed by atoms with van der Waals surface area (Å²) in [6, 6.07) is 11.1. The molecule has 6 heteroatoms. The summed E-state index contributed by atoms with van der Waals surface area (Å²) in [6.07, 6.45) is 3.50. The van der Waals surface area contributed by atoms with E-state index >= 15 is 0 Å². The number of rotatable bonds is 4. The van der Waals surface area contributed by atoms with Gasteiger partial charge >= 0.3 is 0 Å². The minimum atomic E-state index is -0.104. The zero-order valence-corrected chi connectivity index (χ0v) is 11.3. The zero-order chi connectivity index (χ0) is 13.8. The molecule has 1 amide bonds. The number of carbonyl (C=O) groups is 1. The van der Waals surface area contributed by atoms with Gasteiger partial charge in [-0.25, -0.2) is 0 Å². The van der Waals surface area contributed by atoms with E-state index in [9.17, 15) is 4.79 Å². The Bertz CT molecular complexity index is 676. The Morgan fingerprint density at radius 2 is 2.10 bits per heavy atom. The predicted molar refractivity (Wildman–Crippen MR) is 76.4 cm³/mol. The van der Waals surface area contributed by atoms with E-state index in [2.05, 4.69) is 14.9 Å². The smallest absolute Gasteiger partial charge is 0.231 e. The molecule has 100 valence electrons. The number of nitrogens with one attached hydrogen (secondary N) is 1. The highest BCUT2D eigenvalue weighted by atomic mass is 32.1. The summed E-state index contributed by atoms with van der Waals surface area (Å²) < 4.78 is 8.96. The van der Waals surface area contributed by atoms with Crippen molar-refractivity contribution in [2.45, 2.75) is 6.42 Å². The second kappa shape index (κ2) is 5.66. The lowest BCUT2D eigenvalue weighted by atomic mass is 10.2. The molecule has 2 heterocycles. The van der Waals surface area contributed by atoms with Crippen molar-refractivity contribution in [1.29, 1.82) is 0 Å². The molecular formula is C14H11N3O2S. The van der Waals surface area contributed by atoms with Gasteiger partial charge in [-0.2, -0.15) is 0 Å². The lowest BCUT2D eigenvalue weighted by Crippen LogP contribution is -2.13. The van der Waals surface area contributed by atoms with Gasteiger partial charge in [-0.15, -0.1) is 5.10 Å². The maximum absolute atomic E-state index is 11.8. The summed E-state index contributed by atoms with van der Waals surface area (Å²) in [4.78, 5) is 12.8. The fourth-order valence-electron chi connectivity index (χ4n) is 1.79. The van der Waals surface area contributed by atoms with Crippen molar-refractivity contribution in [3.8, 4) is 10.4 Å². The summed E-state index contributed by atoms with van der Waals surface area (Å²) in [5.74, 6) is 0.544. The van der Waals surface area contributed by atoms with Gasteiger partial charge < -0.3 is 9.73 Å². The summed E-state index contributed by atoms with van der Waals surface area (Å²) >= 11 is 1.34. The number of carbonyl (C=O) groups excluding carboxylic acids is 1. The molecule has 0 saturated carbocycles. The van der Waals surface area contributed by atoms with Crippen molar-refractivity contribution in [3.63, 3.8) is 0 Å². The highest BCUT2D eigenvalue weighted by Crippen LogP contribution is 2.23. The topological polar surface area (TPSA) is 68.0 Å². The van der Waals surface area contributed by atoms with Crippen LogP contribution in [0.1, 0.15) is 5.76 Å². The van der Waals surface area contributed by atoms with Gasteiger partial charge in [0, 0.05) is 5.69 Å². The lowest BCUT2D eigenvalue weighted by molar-refractivity contribution is -0.115. The summed E-state index contributed by atoms with van der Waals surface area (Å²) in [7, 11) is 0. The number of nitrogens with zero attached hydrogens (tertiary/aromatic N) is 2. The molecule has 5 nitrogen and oxygen atoms in total. The van der Waals surface area contributed by atoms with E-state index in [4.69, 9.17) is 4.42 Å². The fourth-order valence-corrected chi connectivity index (χ4v) is 2.31. The fraction of sp³-hybridized carbons (Fsp3) is 0.0714. The van der Waals surface area contributed by atoms with Crippen LogP contribution in [0.4, 0.5) is 5.69 Å². The molecule has 0 radical (unpaired) electrons. The van der Waals surface area contributed by atoms with Gasteiger partial charge in [-0.3, -0.25) is 4.79 Å². The second-order valence-corrected chi connectivity index (χ2v) is 4.95. The molecule has 1 N–H and O–H groups in total. The molecule has 0 aliphatic carbocycles. The Morgan fingerprint density at radius 1 is 1.25 bits per heavy atom. The molecule has 2 aromatic heterocycles. The van der Waals surface area contributed by atoms with E-state index in [1.807, 2.05) is 24.3 Å². The van der Waals surface area contributed by atoms with Crippen molar-refractivity contribution < 1.29 is 9.21 Å². The molecule has 1 aromatic carbocycles. The summed E-state index contributed by atoms with van der Waals surface area (Å²) in [6.45, 7) is 0. The first-order valence-corrected chi connectivity index (χ1v) is 6.78. The van der Waals surface area contributed by atoms with Gasteiger partial charge in [0.1, 0.15) is 5.76 Å². The first-order valence-electron chi connectivity index (χ1n) is 6.01. The van der Waals surface area contributed by atoms with Crippen LogP contribution in [0.2, 0.25) is 0 Å². The van der Waals surface area contributed by atoms with E-state index in [0.29, 0.717) is 5.76 Å². The largest absolute Gasteiger partial charge is 0.469 e. The Labute approximate surface area is 119 Å². The van der Waals surface area contributed by atoms with Gasteiger partial charge in [0.25, 0.3) is 0 Å². The molecule has 0 atom stereocenters. The third kappa shape index (κ3) is 2.92. The maximum Gasteiger partial charge on any atom is 0.231 e. The number of aromatic nitrogens is 2. The molecule has 3 aromatic rings. The molecular weight excluding hydrogens is 274 g/mol. The number of furan rings is 1. The van der Waals surface area contributed by atoms with Crippen LogP contribution in [-0.4, -0.2) is 15.5 Å². The SMILES string of the molecule is O=C(Cc1ccco1)Nc1ccc(-c2cnns2)cc1. The standard InChI is InChI=1S/C14H11N3O2S/c18-14(8-12-2-1-7-19-12)16-11-5-3-10(4-6-11)13-9-15-17-20-13/h1-7,9H,8H2,(H,16,18). The molecule has 0 fully saturated rings. The highest BCUT2D eigenvalue weighted by Gasteiger charge is 2.06. The molecule has 0 bridgehead atoms. The van der Waals surface area contributed by atoms with E-state index in [0.717, 1.165) is 16.1 Å². The Kier molecular flexibility index (Phi) is 3.56. The summed E-state index contributed by atoms with van der Waals surface area (Å²) in [5, 5.41) is 6.63. The average molecular weight is 285 g/mol. The molecule has 0 aliphatic heterocycles. The summed E-state index contributed by atoms with van der Waals surface area (Å²) in [5.41, 5.74) is 1.78. The van der Waals surface area contributed by atoms with Gasteiger partial charge in [0.2, 0.25) is 5.91 Å². The number of hydrogen-bond donors (Lipinski definition) is 1. The van der Waals surface area contributed by atoms with Crippen LogP contribution in [0, 0.1) is 0 Å². The Hall–Kier alpha value is -2.47. The van der Waals surface area contributed by atoms with Gasteiger partial charge in [0.05, 0.1) is 23.8 Å². The van der Waals surface area contributed by atoms with Crippen molar-refractivity contribution in [3.05, 3.63) is 54.6 Å². The Morgan fingerprint density at radius 3 is 2.75 bits per heavy atom. The second-order valence-electron chi connectivity index (χ2n) is 4.16. The van der Waals surface area contributed by atoms with Crippen molar-refractivity contribution in [2.24, 2.45) is 0 Å². The van der Waals surface area contributed by atoms with Crippen molar-refractivity contribution >= 4 is 23.1 Å². The van der Waals surface area contributed by atoms with Crippen LogP contribution >= 0.6 is 11.5 Å². The molecule has 0 spiro atoms. The molecule has 0 unspecified atom stereocenters. The Balaban J connectivity index is 1.65. The number of benzene rings is 1. The van der Waals surface area contributed by atoms with E-state index < -0.39 is 0 Å². The zero-order valence-electron chi connectivity index (χ0n) is 10.4. The lowest BCUT2D eigenvalue weighted by Gasteiger charge is -2.04. The maximum atomic E-state index is 11.8. The van der Waals surface area contributed by atoms with E-state index in [-0.39, 0.29) is 12.3 Å². The molecule has 0 aliphatic rings. The normalized spacial score (nSPS) is 10.4. The molecule has 20 heavy (non-hydrogen) atoms. The van der Waals surface area contributed by atoms with Crippen LogP contribution in [0.25, 0.3) is 10.4 Å². The monoisotopic (exact) mass is 285 g/mol. The van der Waals surface area contributed by atoms with E-state index in [1.54, 1.807) is 24.6 Å². The molecule has 0 saturated heterocycles. The number of anilines is 1. The first kappa shape index (κ1) is 12.6. The van der Waals surface area contributed by atoms with Gasteiger partial charge in [-0.1, -0.05) is 16.6 Å². The van der Waals surface area contributed by atoms with Gasteiger partial charge in [-0.05, 0) is 41.4 Å². The predicted octanol–water partition coefficient (Wildman–Crippen LogP) is 2.98. The van der Waals surface area contributed by atoms with Crippen molar-refractivity contribution in [1.82, 2.24) is 9.59 Å². The first-order chi connectivity index (χ1) is 9.81. The van der Waals surface area contributed by atoms with Crippen LogP contribution < -0.4 is 5.32 Å². The van der Waals surface area contributed by atoms with Crippen LogP contribution in [0.15, 0.2) is 53.3 Å². The van der Waals surface area contributed by atoms with Gasteiger partial charge in [0.15, 0.2) is 0 Å². The average Bonchev–Trinajstić information content (AvgIpc) is 3.12. The van der Waals surface area contributed by atoms with Crippen LogP contribution in [0.5, 0.6) is 0 Å². The van der Waals surface area contributed by atoms with Crippen LogP contribution in [0.3, 0.4) is 0 Å². The quantitative estimate of drug-likeness (QED) is 0.800. The third-order valence-electron chi connectivity index (χ3n) is 2.73.